The van der Waals surface area contributed by atoms with E-state index in [0.717, 1.165) is 23.6 Å². The number of nitrogens with one attached hydrogen (secondary N) is 1. The van der Waals surface area contributed by atoms with E-state index in [-0.39, 0.29) is 4.90 Å². The molecular weight excluding hydrogens is 467 g/mol. The maximum absolute atomic E-state index is 14.0. The van der Waals surface area contributed by atoms with Crippen LogP contribution in [-0.4, -0.2) is 13.4 Å². The Morgan fingerprint density at radius 3 is 2.27 bits per heavy atom. The Labute approximate surface area is 184 Å². The average molecular weight is 480 g/mol. The van der Waals surface area contributed by atoms with Gasteiger partial charge in [-0.1, -0.05) is 30.3 Å². The Balaban J connectivity index is 1.75. The molecule has 0 aliphatic rings. The third-order valence-corrected chi connectivity index (χ3v) is 5.89. The van der Waals surface area contributed by atoms with Gasteiger partial charge in [0.2, 0.25) is 5.88 Å². The molecule has 0 atom stereocenters. The van der Waals surface area contributed by atoms with Crippen LogP contribution in [0.3, 0.4) is 0 Å². The topological polar surface area (TPSA) is 68.3 Å². The zero-order valence-corrected chi connectivity index (χ0v) is 17.2. The number of rotatable bonds is 5. The first kappa shape index (κ1) is 22.5. The first-order valence-electron chi connectivity index (χ1n) is 9.26. The van der Waals surface area contributed by atoms with Crippen molar-refractivity contribution < 1.29 is 35.1 Å². The van der Waals surface area contributed by atoms with Gasteiger partial charge in [0.1, 0.15) is 17.2 Å². The zero-order valence-electron chi connectivity index (χ0n) is 16.4. The van der Waals surface area contributed by atoms with Crippen LogP contribution >= 0.6 is 0 Å². The highest BCUT2D eigenvalue weighted by atomic mass is 32.2. The summed E-state index contributed by atoms with van der Waals surface area (Å²) < 4.78 is 99.6. The molecule has 4 aromatic rings. The quantitative estimate of drug-likeness (QED) is 0.349. The lowest BCUT2D eigenvalue weighted by atomic mass is 10.1. The molecule has 0 bridgehead atoms. The van der Waals surface area contributed by atoms with E-state index in [4.69, 9.17) is 4.74 Å². The first-order chi connectivity index (χ1) is 15.5. The molecule has 33 heavy (non-hydrogen) atoms. The van der Waals surface area contributed by atoms with Gasteiger partial charge < -0.3 is 4.74 Å². The van der Waals surface area contributed by atoms with Gasteiger partial charge in [-0.2, -0.15) is 13.2 Å². The second-order valence-corrected chi connectivity index (χ2v) is 8.52. The van der Waals surface area contributed by atoms with Gasteiger partial charge in [0.15, 0.2) is 11.6 Å². The number of fused-ring (bicyclic) bond motifs is 1. The molecule has 3 aromatic carbocycles. The lowest BCUT2D eigenvalue weighted by Gasteiger charge is -2.15. The summed E-state index contributed by atoms with van der Waals surface area (Å²) in [5.41, 5.74) is -1.87. The fraction of sp³-hybridized carbons (Fsp3) is 0.0455. The Morgan fingerprint density at radius 1 is 0.848 bits per heavy atom. The van der Waals surface area contributed by atoms with Gasteiger partial charge in [-0.15, -0.1) is 0 Å². The van der Waals surface area contributed by atoms with Gasteiger partial charge in [0.25, 0.3) is 10.0 Å². The number of hydrogen-bond donors (Lipinski definition) is 1. The Bertz CT molecular complexity index is 1460. The average Bonchev–Trinajstić information content (AvgIpc) is 2.75. The number of nitrogens with zero attached hydrogens (tertiary/aromatic N) is 1. The second-order valence-electron chi connectivity index (χ2n) is 6.84. The van der Waals surface area contributed by atoms with E-state index < -0.39 is 50.8 Å². The van der Waals surface area contributed by atoms with Crippen molar-refractivity contribution in [1.29, 1.82) is 0 Å². The fourth-order valence-electron chi connectivity index (χ4n) is 2.95. The lowest BCUT2D eigenvalue weighted by molar-refractivity contribution is -0.141. The van der Waals surface area contributed by atoms with E-state index in [1.807, 2.05) is 0 Å². The fourth-order valence-corrected chi connectivity index (χ4v) is 4.05. The van der Waals surface area contributed by atoms with Crippen LogP contribution in [0.4, 0.5) is 27.6 Å². The van der Waals surface area contributed by atoms with Gasteiger partial charge >= 0.3 is 6.18 Å². The molecule has 1 N–H and O–H groups in total. The molecule has 0 spiro atoms. The van der Waals surface area contributed by atoms with Crippen molar-refractivity contribution in [1.82, 2.24) is 4.98 Å². The summed E-state index contributed by atoms with van der Waals surface area (Å²) in [7, 11) is -4.29. The van der Waals surface area contributed by atoms with E-state index in [9.17, 15) is 30.4 Å². The molecule has 170 valence electrons. The molecule has 0 unspecified atom stereocenters. The highest BCUT2D eigenvalue weighted by Crippen LogP contribution is 2.36. The highest BCUT2D eigenvalue weighted by molar-refractivity contribution is 7.92. The van der Waals surface area contributed by atoms with Gasteiger partial charge in [-0.05, 0) is 47.2 Å². The van der Waals surface area contributed by atoms with E-state index in [1.54, 1.807) is 30.3 Å². The summed E-state index contributed by atoms with van der Waals surface area (Å²) >= 11 is 0. The van der Waals surface area contributed by atoms with Crippen molar-refractivity contribution in [2.75, 3.05) is 4.72 Å². The summed E-state index contributed by atoms with van der Waals surface area (Å²) in [6, 6.07) is 14.7. The molecular formula is C22H13F5N2O3S. The van der Waals surface area contributed by atoms with Crippen molar-refractivity contribution in [3.63, 3.8) is 0 Å². The maximum Gasteiger partial charge on any atom is 0.433 e. The number of ether oxygens (including phenoxy) is 1. The standard InChI is InChI=1S/C22H13F5N2O3S/c23-15-6-9-19(17(24)12-15)32-21-18(8-10-20(28-21)22(25,26)27)29-33(30,31)16-7-5-13-3-1-2-4-14(13)11-16/h1-12,29H. The van der Waals surface area contributed by atoms with E-state index in [1.165, 1.54) is 12.1 Å². The predicted molar refractivity (Wildman–Crippen MR) is 110 cm³/mol. The first-order valence-corrected chi connectivity index (χ1v) is 10.7. The molecule has 0 aliphatic heterocycles. The molecule has 5 nitrogen and oxygen atoms in total. The SMILES string of the molecule is O=S(=O)(Nc1ccc(C(F)(F)F)nc1Oc1ccc(F)cc1F)c1ccc2ccccc2c1. The number of pyridine rings is 1. The van der Waals surface area contributed by atoms with Crippen LogP contribution in [-0.2, 0) is 16.2 Å². The molecule has 11 heteroatoms. The monoisotopic (exact) mass is 480 g/mol. The molecule has 0 saturated heterocycles. The van der Waals surface area contributed by atoms with E-state index in [0.29, 0.717) is 17.5 Å². The molecule has 0 radical (unpaired) electrons. The van der Waals surface area contributed by atoms with Crippen molar-refractivity contribution in [3.05, 3.63) is 90.1 Å². The molecule has 0 saturated carbocycles. The van der Waals surface area contributed by atoms with Crippen LogP contribution in [0.25, 0.3) is 10.8 Å². The summed E-state index contributed by atoms with van der Waals surface area (Å²) in [5.74, 6) is -3.65. The Hall–Kier alpha value is -3.73. The van der Waals surface area contributed by atoms with Crippen LogP contribution in [0.5, 0.6) is 11.6 Å². The minimum atomic E-state index is -4.88. The molecule has 1 heterocycles. The van der Waals surface area contributed by atoms with Gasteiger partial charge in [-0.3, -0.25) is 4.72 Å². The van der Waals surface area contributed by atoms with E-state index in [2.05, 4.69) is 9.71 Å². The Kier molecular flexibility index (Phi) is 5.66. The largest absolute Gasteiger partial charge is 0.434 e. The lowest BCUT2D eigenvalue weighted by Crippen LogP contribution is -2.15. The molecule has 0 aliphatic carbocycles. The number of benzene rings is 3. The van der Waals surface area contributed by atoms with Crippen LogP contribution in [0, 0.1) is 11.6 Å². The second kappa shape index (κ2) is 8.32. The van der Waals surface area contributed by atoms with Crippen molar-refractivity contribution in [3.8, 4) is 11.6 Å². The van der Waals surface area contributed by atoms with Crippen molar-refractivity contribution in [2.24, 2.45) is 0 Å². The number of anilines is 1. The molecule has 0 fully saturated rings. The van der Waals surface area contributed by atoms with Crippen molar-refractivity contribution in [2.45, 2.75) is 11.1 Å². The molecule has 4 rings (SSSR count). The molecule has 1 aromatic heterocycles. The Morgan fingerprint density at radius 2 is 1.58 bits per heavy atom. The van der Waals surface area contributed by atoms with Gasteiger partial charge in [0, 0.05) is 6.07 Å². The minimum absolute atomic E-state index is 0.167. The highest BCUT2D eigenvalue weighted by Gasteiger charge is 2.34. The van der Waals surface area contributed by atoms with Crippen LogP contribution in [0.15, 0.2) is 77.7 Å². The summed E-state index contributed by atoms with van der Waals surface area (Å²) in [6.45, 7) is 0. The number of halogens is 5. The smallest absolute Gasteiger partial charge is 0.433 e. The van der Waals surface area contributed by atoms with E-state index >= 15 is 0 Å². The van der Waals surface area contributed by atoms with Crippen LogP contribution in [0.1, 0.15) is 5.69 Å². The number of aromatic nitrogens is 1. The number of hydrogen-bond acceptors (Lipinski definition) is 4. The van der Waals surface area contributed by atoms with Gasteiger partial charge in [-0.25, -0.2) is 22.2 Å². The normalized spacial score (nSPS) is 12.0. The third-order valence-electron chi connectivity index (χ3n) is 4.53. The maximum atomic E-state index is 14.0. The number of sulfonamides is 1. The predicted octanol–water partition coefficient (Wildman–Crippen LogP) is 6.12. The van der Waals surface area contributed by atoms with Crippen molar-refractivity contribution >= 4 is 26.5 Å². The number of alkyl halides is 3. The third kappa shape index (κ3) is 4.87. The van der Waals surface area contributed by atoms with Crippen LogP contribution in [0.2, 0.25) is 0 Å². The van der Waals surface area contributed by atoms with Crippen LogP contribution < -0.4 is 9.46 Å². The van der Waals surface area contributed by atoms with Gasteiger partial charge in [0.05, 0.1) is 4.90 Å². The zero-order chi connectivity index (χ0) is 23.8. The summed E-state index contributed by atoms with van der Waals surface area (Å²) in [5, 5.41) is 1.40. The summed E-state index contributed by atoms with van der Waals surface area (Å²) in [6.07, 6.45) is -4.88. The summed E-state index contributed by atoms with van der Waals surface area (Å²) in [4.78, 5) is 3.13. The minimum Gasteiger partial charge on any atom is -0.434 e. The molecule has 0 amide bonds.